The average molecular weight is 512 g/mol. The van der Waals surface area contributed by atoms with Gasteiger partial charge in [0, 0.05) is 6.38 Å². The van der Waals surface area contributed by atoms with Crippen LogP contribution < -0.4 is 0 Å². The van der Waals surface area contributed by atoms with Crippen LogP contribution >= 0.6 is 11.6 Å². The van der Waals surface area contributed by atoms with E-state index in [9.17, 15) is 0 Å². The van der Waals surface area contributed by atoms with Gasteiger partial charge in [-0.15, -0.1) is 90.8 Å². The second-order valence-corrected chi connectivity index (χ2v) is 8.19. The number of aryl methyl sites for hydroxylation is 6. The number of halogens is 1. The third-order valence-corrected chi connectivity index (χ3v) is 5.91. The van der Waals surface area contributed by atoms with E-state index < -0.39 is 0 Å². The zero-order valence-corrected chi connectivity index (χ0v) is 23.5. The Hall–Kier alpha value is -1.17. The van der Waals surface area contributed by atoms with Gasteiger partial charge in [-0.2, -0.15) is 12.1 Å². The third kappa shape index (κ3) is 6.43. The van der Waals surface area contributed by atoms with Crippen LogP contribution in [0.3, 0.4) is 0 Å². The topological polar surface area (TPSA) is 0 Å². The van der Waals surface area contributed by atoms with E-state index in [2.05, 4.69) is 102 Å². The molecule has 4 aromatic carbocycles. The van der Waals surface area contributed by atoms with E-state index in [1.165, 1.54) is 75.9 Å². The Labute approximate surface area is 213 Å². The molecule has 0 atom stereocenters. The van der Waals surface area contributed by atoms with E-state index in [0.717, 1.165) is 0 Å². The molecule has 0 amide bonds. The summed E-state index contributed by atoms with van der Waals surface area (Å²) in [7, 11) is 0. The first-order valence-corrected chi connectivity index (χ1v) is 11.9. The summed E-state index contributed by atoms with van der Waals surface area (Å²) in [5.74, 6) is 0. The first-order chi connectivity index (χ1) is 14.5. The van der Waals surface area contributed by atoms with Crippen LogP contribution in [0.1, 0.15) is 60.1 Å². The second-order valence-electron chi connectivity index (χ2n) is 8.19. The smallest absolute Gasteiger partial charge is 0.165 e. The molecule has 0 unspecified atom stereocenters. The van der Waals surface area contributed by atoms with Crippen molar-refractivity contribution >= 4 is 33.1 Å². The van der Waals surface area contributed by atoms with Gasteiger partial charge < -0.3 is 0 Å². The van der Waals surface area contributed by atoms with Crippen molar-refractivity contribution in [2.45, 2.75) is 67.2 Å². The molecule has 0 aliphatic carbocycles. The van der Waals surface area contributed by atoms with E-state index in [0.29, 0.717) is 0 Å². The molecule has 0 radical (unpaired) electrons. The maximum atomic E-state index is 4.64. The number of hydrogen-bond donors (Lipinski definition) is 0. The minimum Gasteiger partial charge on any atom is -0.165 e. The van der Waals surface area contributed by atoms with E-state index in [4.69, 9.17) is 0 Å². The molecule has 0 aromatic heterocycles. The molecule has 0 fully saturated rings. The van der Waals surface area contributed by atoms with Gasteiger partial charge in [0.1, 0.15) is 0 Å². The standard InChI is InChI=1S/2C14H17.CH3Cl.Zr/c2*1-4-6-13-11(3)9-12-8-5-7-10(2)14(12)13;1-2;/h2*5,7-9H,4,6H2,1-3H3;1H3;/q2*-1;;+2. The van der Waals surface area contributed by atoms with Crippen LogP contribution in [0.5, 0.6) is 0 Å². The molecule has 0 nitrogen and oxygen atoms in total. The molecular weight excluding hydrogens is 475 g/mol. The molecule has 0 N–H and O–H groups in total. The first kappa shape index (κ1) is 27.9. The molecule has 0 heterocycles. The van der Waals surface area contributed by atoms with E-state index in [-0.39, 0.29) is 26.2 Å². The van der Waals surface area contributed by atoms with Crippen LogP contribution in [0.25, 0.3) is 21.5 Å². The molecular formula is C29H37ClZr. The summed E-state index contributed by atoms with van der Waals surface area (Å²) in [5.41, 5.74) is 8.85. The van der Waals surface area contributed by atoms with Crippen LogP contribution in [0, 0.1) is 27.7 Å². The summed E-state index contributed by atoms with van der Waals surface area (Å²) in [6, 6.07) is 17.8. The van der Waals surface area contributed by atoms with Crippen molar-refractivity contribution in [3.05, 3.63) is 81.9 Å². The number of fused-ring (bicyclic) bond motifs is 2. The minimum absolute atomic E-state index is 0. The van der Waals surface area contributed by atoms with Gasteiger partial charge in [0.05, 0.1) is 0 Å². The SMILES string of the molecule is CCC[c-]1c(C)cc2cccc(C)c21.CCC[c-]1c(C)cc2cccc(C)c21.CCl.[Zr+2]. The summed E-state index contributed by atoms with van der Waals surface area (Å²) < 4.78 is 0. The number of benzene rings is 2. The van der Waals surface area contributed by atoms with Crippen LogP contribution in [-0.2, 0) is 39.0 Å². The minimum atomic E-state index is 0. The fourth-order valence-electron chi connectivity index (χ4n) is 4.63. The Kier molecular flexibility index (Phi) is 12.0. The molecule has 0 saturated heterocycles. The van der Waals surface area contributed by atoms with Crippen molar-refractivity contribution in [2.75, 3.05) is 6.38 Å². The Balaban J connectivity index is 0.000000279. The molecule has 4 aromatic rings. The van der Waals surface area contributed by atoms with Crippen molar-refractivity contribution < 1.29 is 26.2 Å². The molecule has 0 spiro atoms. The summed E-state index contributed by atoms with van der Waals surface area (Å²) in [4.78, 5) is 0. The second kappa shape index (κ2) is 13.4. The molecule has 0 saturated carbocycles. The third-order valence-electron chi connectivity index (χ3n) is 5.91. The molecule has 31 heavy (non-hydrogen) atoms. The van der Waals surface area contributed by atoms with Gasteiger partial charge in [-0.05, 0) is 0 Å². The van der Waals surface area contributed by atoms with Gasteiger partial charge in [0.15, 0.2) is 0 Å². The molecule has 0 bridgehead atoms. The van der Waals surface area contributed by atoms with Gasteiger partial charge in [-0.25, -0.2) is 0 Å². The Morgan fingerprint density at radius 1 is 0.645 bits per heavy atom. The zero-order chi connectivity index (χ0) is 22.3. The largest absolute Gasteiger partial charge is 2.00 e. The Morgan fingerprint density at radius 2 is 1.00 bits per heavy atom. The van der Waals surface area contributed by atoms with E-state index >= 15 is 0 Å². The molecule has 2 heteroatoms. The van der Waals surface area contributed by atoms with Crippen molar-refractivity contribution in [3.8, 4) is 0 Å². The Bertz CT molecular complexity index is 993. The predicted molar refractivity (Wildman–Crippen MR) is 138 cm³/mol. The maximum absolute atomic E-state index is 4.64. The van der Waals surface area contributed by atoms with Crippen LogP contribution in [-0.4, -0.2) is 6.38 Å². The van der Waals surface area contributed by atoms with Crippen molar-refractivity contribution in [1.29, 1.82) is 0 Å². The van der Waals surface area contributed by atoms with E-state index in [1.54, 1.807) is 11.1 Å². The van der Waals surface area contributed by atoms with Gasteiger partial charge >= 0.3 is 26.2 Å². The molecule has 0 aliphatic heterocycles. The van der Waals surface area contributed by atoms with Gasteiger partial charge in [0.25, 0.3) is 0 Å². The van der Waals surface area contributed by atoms with Crippen LogP contribution in [0.2, 0.25) is 0 Å². The normalized spacial score (nSPS) is 10.2. The van der Waals surface area contributed by atoms with Gasteiger partial charge in [0.2, 0.25) is 0 Å². The summed E-state index contributed by atoms with van der Waals surface area (Å²) in [6.07, 6.45) is 6.35. The quantitative estimate of drug-likeness (QED) is 0.189. The van der Waals surface area contributed by atoms with Crippen LogP contribution in [0.15, 0.2) is 48.5 Å². The maximum Gasteiger partial charge on any atom is 2.00 e. The number of alkyl halides is 1. The fourth-order valence-corrected chi connectivity index (χ4v) is 4.63. The van der Waals surface area contributed by atoms with E-state index in [1.807, 2.05) is 0 Å². The summed E-state index contributed by atoms with van der Waals surface area (Å²) in [6.45, 7) is 13.4. The fraction of sp³-hybridized carbons (Fsp3) is 0.379. The van der Waals surface area contributed by atoms with Crippen molar-refractivity contribution in [3.63, 3.8) is 0 Å². The average Bonchev–Trinajstić information content (AvgIpc) is 3.23. The summed E-state index contributed by atoms with van der Waals surface area (Å²) >= 11 is 4.64. The molecule has 164 valence electrons. The Morgan fingerprint density at radius 3 is 1.32 bits per heavy atom. The zero-order valence-electron chi connectivity index (χ0n) is 20.3. The monoisotopic (exact) mass is 510 g/mol. The van der Waals surface area contributed by atoms with Crippen molar-refractivity contribution in [1.82, 2.24) is 0 Å². The van der Waals surface area contributed by atoms with Gasteiger partial charge in [-0.3, -0.25) is 0 Å². The first-order valence-electron chi connectivity index (χ1n) is 11.1. The number of rotatable bonds is 4. The number of hydrogen-bond acceptors (Lipinski definition) is 0. The van der Waals surface area contributed by atoms with Gasteiger partial charge in [-0.1, -0.05) is 79.4 Å². The van der Waals surface area contributed by atoms with Crippen molar-refractivity contribution in [2.24, 2.45) is 0 Å². The molecule has 4 rings (SSSR count). The predicted octanol–water partition coefficient (Wildman–Crippen LogP) is 9.11. The van der Waals surface area contributed by atoms with Crippen LogP contribution in [0.4, 0.5) is 0 Å². The summed E-state index contributed by atoms with van der Waals surface area (Å²) in [5, 5.41) is 5.80. The molecule has 0 aliphatic rings.